The smallest absolute Gasteiger partial charge is 0.259 e. The summed E-state index contributed by atoms with van der Waals surface area (Å²) in [6.45, 7) is 3.93. The summed E-state index contributed by atoms with van der Waals surface area (Å²) in [7, 11) is 0. The van der Waals surface area contributed by atoms with E-state index in [1.165, 1.54) is 24.2 Å². The van der Waals surface area contributed by atoms with Crippen LogP contribution in [-0.4, -0.2) is 32.8 Å². The van der Waals surface area contributed by atoms with Crippen LogP contribution in [0.3, 0.4) is 0 Å². The molecular formula is C24H24N4O2. The predicted octanol–water partition coefficient (Wildman–Crippen LogP) is 4.61. The number of para-hydroxylation sites is 2. The van der Waals surface area contributed by atoms with Crippen molar-refractivity contribution in [2.24, 2.45) is 0 Å². The maximum atomic E-state index is 12.9. The standard InChI is InChI=1S/C24H24N4O2/c1-16-18-11-5-6-12-19(18)23(30)27(16)15-22(29)26-24-25-20-13-7-8-14-21(20)28(24)17-9-3-2-4-10-17/h5-8,11-14,17H,1-4,9-10,15H2,(H,25,26,29). The first-order chi connectivity index (χ1) is 14.6. The van der Waals surface area contributed by atoms with E-state index < -0.39 is 0 Å². The van der Waals surface area contributed by atoms with Gasteiger partial charge in [-0.25, -0.2) is 4.98 Å². The third-order valence-corrected chi connectivity index (χ3v) is 6.13. The lowest BCUT2D eigenvalue weighted by Gasteiger charge is -2.25. The molecule has 0 bridgehead atoms. The van der Waals surface area contributed by atoms with E-state index in [4.69, 9.17) is 0 Å². The molecular weight excluding hydrogens is 376 g/mol. The van der Waals surface area contributed by atoms with Crippen molar-refractivity contribution in [1.82, 2.24) is 14.5 Å². The number of carbonyl (C=O) groups excluding carboxylic acids is 2. The van der Waals surface area contributed by atoms with Crippen LogP contribution in [0.1, 0.15) is 54.1 Å². The number of aromatic nitrogens is 2. The molecule has 1 aliphatic carbocycles. The third kappa shape index (κ3) is 3.09. The number of fused-ring (bicyclic) bond motifs is 2. The molecule has 2 amide bonds. The van der Waals surface area contributed by atoms with E-state index in [-0.39, 0.29) is 18.4 Å². The van der Waals surface area contributed by atoms with Crippen molar-refractivity contribution in [2.75, 3.05) is 11.9 Å². The number of carbonyl (C=O) groups is 2. The van der Waals surface area contributed by atoms with Gasteiger partial charge >= 0.3 is 0 Å². The fourth-order valence-electron chi connectivity index (χ4n) is 4.65. The Hall–Kier alpha value is -3.41. The maximum absolute atomic E-state index is 12.9. The maximum Gasteiger partial charge on any atom is 0.259 e. The minimum absolute atomic E-state index is 0.0831. The Morgan fingerprint density at radius 2 is 1.73 bits per heavy atom. The average Bonchev–Trinajstić information content (AvgIpc) is 3.25. The normalized spacial score (nSPS) is 16.9. The number of imidazole rings is 1. The van der Waals surface area contributed by atoms with Crippen molar-refractivity contribution in [1.29, 1.82) is 0 Å². The fourth-order valence-corrected chi connectivity index (χ4v) is 4.65. The van der Waals surface area contributed by atoms with Crippen molar-refractivity contribution in [3.63, 3.8) is 0 Å². The highest BCUT2D eigenvalue weighted by Crippen LogP contribution is 2.34. The molecule has 6 heteroatoms. The van der Waals surface area contributed by atoms with Gasteiger partial charge in [0, 0.05) is 22.9 Å². The monoisotopic (exact) mass is 400 g/mol. The lowest BCUT2D eigenvalue weighted by atomic mass is 9.95. The quantitative estimate of drug-likeness (QED) is 0.696. The van der Waals surface area contributed by atoms with Crippen LogP contribution in [0.5, 0.6) is 0 Å². The molecule has 2 heterocycles. The second-order valence-electron chi connectivity index (χ2n) is 8.02. The van der Waals surface area contributed by atoms with Crippen LogP contribution < -0.4 is 5.32 Å². The SMILES string of the molecule is C=C1c2ccccc2C(=O)N1CC(=O)Nc1nc2ccccc2n1C1CCCCC1. The summed E-state index contributed by atoms with van der Waals surface area (Å²) in [5.41, 5.74) is 3.84. The van der Waals surface area contributed by atoms with Gasteiger partial charge in [0.2, 0.25) is 11.9 Å². The molecule has 3 aromatic rings. The van der Waals surface area contributed by atoms with Crippen LogP contribution in [0.15, 0.2) is 55.1 Å². The van der Waals surface area contributed by atoms with Gasteiger partial charge in [-0.15, -0.1) is 0 Å². The summed E-state index contributed by atoms with van der Waals surface area (Å²) in [6.07, 6.45) is 5.79. The van der Waals surface area contributed by atoms with Gasteiger partial charge in [0.05, 0.1) is 11.0 Å². The molecule has 5 rings (SSSR count). The second-order valence-corrected chi connectivity index (χ2v) is 8.02. The topological polar surface area (TPSA) is 67.2 Å². The largest absolute Gasteiger partial charge is 0.307 e. The van der Waals surface area contributed by atoms with Gasteiger partial charge in [-0.1, -0.05) is 56.2 Å². The summed E-state index contributed by atoms with van der Waals surface area (Å²) in [6, 6.07) is 15.6. The van der Waals surface area contributed by atoms with Crippen LogP contribution in [-0.2, 0) is 4.79 Å². The van der Waals surface area contributed by atoms with Gasteiger partial charge in [-0.3, -0.25) is 19.8 Å². The Kier molecular flexibility index (Phi) is 4.62. The minimum atomic E-state index is -0.273. The first kappa shape index (κ1) is 18.6. The molecule has 1 N–H and O–H groups in total. The van der Waals surface area contributed by atoms with Gasteiger partial charge in [-0.05, 0) is 31.0 Å². The summed E-state index contributed by atoms with van der Waals surface area (Å²) < 4.78 is 2.17. The number of hydrogen-bond acceptors (Lipinski definition) is 3. The molecule has 6 nitrogen and oxygen atoms in total. The predicted molar refractivity (Wildman–Crippen MR) is 117 cm³/mol. The van der Waals surface area contributed by atoms with Crippen LogP contribution in [0.4, 0.5) is 5.95 Å². The van der Waals surface area contributed by atoms with Crippen molar-refractivity contribution < 1.29 is 9.59 Å². The zero-order chi connectivity index (χ0) is 20.7. The van der Waals surface area contributed by atoms with Crippen molar-refractivity contribution >= 4 is 34.5 Å². The molecule has 30 heavy (non-hydrogen) atoms. The summed E-state index contributed by atoms with van der Waals surface area (Å²) in [5.74, 6) is 0.0964. The first-order valence-corrected chi connectivity index (χ1v) is 10.5. The van der Waals surface area contributed by atoms with Crippen LogP contribution in [0, 0.1) is 0 Å². The van der Waals surface area contributed by atoms with Crippen LogP contribution >= 0.6 is 0 Å². The Morgan fingerprint density at radius 1 is 1.03 bits per heavy atom. The zero-order valence-corrected chi connectivity index (χ0v) is 16.8. The van der Waals surface area contributed by atoms with Crippen molar-refractivity contribution in [2.45, 2.75) is 38.1 Å². The van der Waals surface area contributed by atoms with Gasteiger partial charge in [0.15, 0.2) is 0 Å². The lowest BCUT2D eigenvalue weighted by Crippen LogP contribution is -2.33. The minimum Gasteiger partial charge on any atom is -0.307 e. The summed E-state index contributed by atoms with van der Waals surface area (Å²) in [4.78, 5) is 31.8. The lowest BCUT2D eigenvalue weighted by molar-refractivity contribution is -0.116. The molecule has 2 aromatic carbocycles. The molecule has 0 radical (unpaired) electrons. The molecule has 1 saturated carbocycles. The van der Waals surface area contributed by atoms with E-state index >= 15 is 0 Å². The Morgan fingerprint density at radius 3 is 2.50 bits per heavy atom. The molecule has 0 atom stereocenters. The number of nitrogens with one attached hydrogen (secondary N) is 1. The van der Waals surface area contributed by atoms with E-state index in [9.17, 15) is 9.59 Å². The highest BCUT2D eigenvalue weighted by Gasteiger charge is 2.32. The summed E-state index contributed by atoms with van der Waals surface area (Å²) >= 11 is 0. The number of rotatable bonds is 4. The number of nitrogens with zero attached hydrogens (tertiary/aromatic N) is 3. The van der Waals surface area contributed by atoms with Gasteiger partial charge < -0.3 is 4.57 Å². The van der Waals surface area contributed by atoms with E-state index in [0.717, 1.165) is 29.4 Å². The molecule has 152 valence electrons. The molecule has 0 saturated heterocycles. The third-order valence-electron chi connectivity index (χ3n) is 6.13. The second kappa shape index (κ2) is 7.44. The number of anilines is 1. The van der Waals surface area contributed by atoms with Gasteiger partial charge in [0.25, 0.3) is 5.91 Å². The highest BCUT2D eigenvalue weighted by atomic mass is 16.2. The highest BCUT2D eigenvalue weighted by molar-refractivity contribution is 6.11. The molecule has 0 spiro atoms. The molecule has 2 aliphatic rings. The molecule has 1 fully saturated rings. The fraction of sp³-hybridized carbons (Fsp3) is 0.292. The Labute approximate surface area is 175 Å². The Bertz CT molecular complexity index is 1120. The van der Waals surface area contributed by atoms with Crippen molar-refractivity contribution in [3.05, 3.63) is 66.2 Å². The van der Waals surface area contributed by atoms with E-state index in [0.29, 0.717) is 23.3 Å². The number of benzene rings is 2. The van der Waals surface area contributed by atoms with E-state index in [1.807, 2.05) is 36.4 Å². The van der Waals surface area contributed by atoms with Gasteiger partial charge in [-0.2, -0.15) is 0 Å². The number of hydrogen-bond donors (Lipinski definition) is 1. The van der Waals surface area contributed by atoms with Crippen LogP contribution in [0.25, 0.3) is 16.7 Å². The number of amides is 2. The summed E-state index contributed by atoms with van der Waals surface area (Å²) in [5, 5.41) is 2.97. The van der Waals surface area contributed by atoms with Gasteiger partial charge in [0.1, 0.15) is 6.54 Å². The van der Waals surface area contributed by atoms with E-state index in [1.54, 1.807) is 6.07 Å². The molecule has 1 aromatic heterocycles. The molecule has 0 unspecified atom stereocenters. The van der Waals surface area contributed by atoms with Crippen molar-refractivity contribution in [3.8, 4) is 0 Å². The first-order valence-electron chi connectivity index (χ1n) is 10.5. The Balaban J connectivity index is 1.40. The van der Waals surface area contributed by atoms with E-state index in [2.05, 4.69) is 27.5 Å². The molecule has 1 aliphatic heterocycles. The average molecular weight is 400 g/mol. The zero-order valence-electron chi connectivity index (χ0n) is 16.8. The van der Waals surface area contributed by atoms with Crippen LogP contribution in [0.2, 0.25) is 0 Å².